The van der Waals surface area contributed by atoms with E-state index >= 15 is 0 Å². The molecule has 17 heteroatoms. The van der Waals surface area contributed by atoms with Crippen LogP contribution in [-0.2, 0) is 41.9 Å². The molecule has 0 fully saturated rings. The minimum atomic E-state index is -4.94. The highest BCUT2D eigenvalue weighted by molar-refractivity contribution is 7.89. The van der Waals surface area contributed by atoms with Gasteiger partial charge in [0.25, 0.3) is 10.1 Å². The summed E-state index contributed by atoms with van der Waals surface area (Å²) in [5.41, 5.74) is 5.43. The van der Waals surface area contributed by atoms with E-state index in [2.05, 4.69) is 65.2 Å². The third kappa shape index (κ3) is 13.1. The Labute approximate surface area is 436 Å². The lowest BCUT2D eigenvalue weighted by molar-refractivity contribution is -0.121. The quantitative estimate of drug-likeness (QED) is 0.0203. The predicted octanol–water partition coefficient (Wildman–Crippen LogP) is 9.43. The van der Waals surface area contributed by atoms with E-state index in [-0.39, 0.29) is 28.7 Å². The first-order chi connectivity index (χ1) is 35.5. The molecular weight excluding hydrogens is 980 g/mol. The SMILES string of the molecule is CCN(CC)c1ccc2c(-c3ccc(S(=O)(=O)NCCCCCC(=O)NCCCCCN(C)CCC[C@@]4(c5ccc(F)cc5)OCc5cc(C#N)ccc54)cc3S(=O)(=O)O)c3ccc(=[N+](CC)CC)cc-3oc2c1. The number of hydrogen-bond acceptors (Lipinski definition) is 10. The smallest absolute Gasteiger partial charge is 0.295 e. The van der Waals surface area contributed by atoms with Gasteiger partial charge < -0.3 is 24.3 Å². The van der Waals surface area contributed by atoms with Gasteiger partial charge in [-0.25, -0.2) is 22.1 Å². The second-order valence-electron chi connectivity index (χ2n) is 18.9. The van der Waals surface area contributed by atoms with Crippen molar-refractivity contribution < 1.29 is 39.7 Å². The van der Waals surface area contributed by atoms with Crippen LogP contribution in [0.2, 0.25) is 0 Å². The van der Waals surface area contributed by atoms with Crippen LogP contribution in [0.4, 0.5) is 10.1 Å². The van der Waals surface area contributed by atoms with Crippen LogP contribution in [0.15, 0.2) is 111 Å². The Morgan fingerprint density at radius 3 is 2.24 bits per heavy atom. The number of sulfonamides is 1. The number of ether oxygens (including phenoxy) is 1. The number of carbonyl (C=O) groups excluding carboxylic acids is 1. The van der Waals surface area contributed by atoms with Crippen LogP contribution in [0.3, 0.4) is 0 Å². The van der Waals surface area contributed by atoms with Gasteiger partial charge in [-0.2, -0.15) is 13.7 Å². The van der Waals surface area contributed by atoms with E-state index in [4.69, 9.17) is 9.15 Å². The van der Waals surface area contributed by atoms with E-state index in [0.717, 1.165) is 98.8 Å². The fraction of sp³-hybridized carbons (Fsp3) is 0.421. The zero-order valence-electron chi connectivity index (χ0n) is 43.3. The minimum absolute atomic E-state index is 0.0588. The van der Waals surface area contributed by atoms with Crippen molar-refractivity contribution in [1.82, 2.24) is 19.5 Å². The number of nitriles is 1. The van der Waals surface area contributed by atoms with Crippen LogP contribution >= 0.6 is 0 Å². The van der Waals surface area contributed by atoms with Crippen molar-refractivity contribution in [3.05, 3.63) is 130 Å². The summed E-state index contributed by atoms with van der Waals surface area (Å²) in [6.07, 6.45) is 6.24. The van der Waals surface area contributed by atoms with Gasteiger partial charge in [-0.05, 0) is 158 Å². The first kappa shape index (κ1) is 55.7. The van der Waals surface area contributed by atoms with Crippen molar-refractivity contribution in [2.24, 2.45) is 0 Å². The van der Waals surface area contributed by atoms with Crippen LogP contribution in [0, 0.1) is 17.1 Å². The Morgan fingerprint density at radius 1 is 0.811 bits per heavy atom. The van der Waals surface area contributed by atoms with Crippen LogP contribution in [0.1, 0.15) is 108 Å². The molecule has 0 spiro atoms. The third-order valence-electron chi connectivity index (χ3n) is 14.2. The first-order valence-corrected chi connectivity index (χ1v) is 28.8. The Kier molecular flexibility index (Phi) is 18.8. The first-order valence-electron chi connectivity index (χ1n) is 25.9. The van der Waals surface area contributed by atoms with E-state index in [0.29, 0.717) is 78.7 Å². The molecule has 2 heterocycles. The maximum Gasteiger partial charge on any atom is 0.295 e. The number of carbonyl (C=O) groups is 1. The van der Waals surface area contributed by atoms with Gasteiger partial charge in [-0.1, -0.05) is 37.1 Å². The van der Waals surface area contributed by atoms with Gasteiger partial charge in [0.15, 0.2) is 0 Å². The lowest BCUT2D eigenvalue weighted by atomic mass is 9.81. The van der Waals surface area contributed by atoms with Crippen LogP contribution in [0.5, 0.6) is 0 Å². The van der Waals surface area contributed by atoms with Gasteiger partial charge in [0, 0.05) is 72.5 Å². The summed E-state index contributed by atoms with van der Waals surface area (Å²) in [4.78, 5) is 16.2. The summed E-state index contributed by atoms with van der Waals surface area (Å²) in [7, 11) is -7.04. The second-order valence-corrected chi connectivity index (χ2v) is 22.1. The molecule has 0 radical (unpaired) electrons. The number of anilines is 1. The Balaban J connectivity index is 0.871. The van der Waals surface area contributed by atoms with Gasteiger partial charge in [0.2, 0.25) is 21.3 Å². The van der Waals surface area contributed by atoms with E-state index in [9.17, 15) is 35.8 Å². The molecule has 2 aliphatic heterocycles. The van der Waals surface area contributed by atoms with E-state index in [1.54, 1.807) is 12.1 Å². The van der Waals surface area contributed by atoms with Gasteiger partial charge >= 0.3 is 0 Å². The summed E-state index contributed by atoms with van der Waals surface area (Å²) in [5, 5.41) is 13.9. The Hall–Kier alpha value is -6.00. The number of fused-ring (bicyclic) bond motifs is 3. The maximum atomic E-state index is 13.9. The van der Waals surface area contributed by atoms with Crippen molar-refractivity contribution in [1.29, 1.82) is 5.26 Å². The number of nitrogens with zero attached hydrogens (tertiary/aromatic N) is 4. The molecule has 3 aliphatic rings. The average Bonchev–Trinajstić information content (AvgIpc) is 3.76. The summed E-state index contributed by atoms with van der Waals surface area (Å²) < 4.78 is 95.7. The molecule has 1 amide bonds. The molecule has 0 aromatic heterocycles. The van der Waals surface area contributed by atoms with Crippen molar-refractivity contribution >= 4 is 42.7 Å². The van der Waals surface area contributed by atoms with Crippen molar-refractivity contribution in [2.75, 3.05) is 64.3 Å². The summed E-state index contributed by atoms with van der Waals surface area (Å²) >= 11 is 0. The van der Waals surface area contributed by atoms with E-state index < -0.39 is 30.6 Å². The summed E-state index contributed by atoms with van der Waals surface area (Å²) in [5.74, 6) is 0.142. The zero-order chi connectivity index (χ0) is 53.0. The number of halogens is 1. The number of benzene rings is 5. The molecule has 4 aromatic carbocycles. The van der Waals surface area contributed by atoms with Gasteiger partial charge in [-0.15, -0.1) is 0 Å². The van der Waals surface area contributed by atoms with Gasteiger partial charge in [0.05, 0.1) is 29.2 Å². The summed E-state index contributed by atoms with van der Waals surface area (Å²) in [6, 6.07) is 29.5. The lowest BCUT2D eigenvalue weighted by Gasteiger charge is -2.31. The normalized spacial score (nSPS) is 14.6. The molecule has 394 valence electrons. The Morgan fingerprint density at radius 2 is 1.53 bits per heavy atom. The maximum absolute atomic E-state index is 13.9. The molecule has 3 N–H and O–H groups in total. The second kappa shape index (κ2) is 25.0. The fourth-order valence-electron chi connectivity index (χ4n) is 10.2. The van der Waals surface area contributed by atoms with Crippen LogP contribution in [-0.4, -0.2) is 91.6 Å². The van der Waals surface area contributed by atoms with E-state index in [1.165, 1.54) is 24.3 Å². The summed E-state index contributed by atoms with van der Waals surface area (Å²) in [6.45, 7) is 14.1. The zero-order valence-corrected chi connectivity index (χ0v) is 44.9. The third-order valence-corrected chi connectivity index (χ3v) is 16.5. The highest BCUT2D eigenvalue weighted by atomic mass is 32.2. The largest absolute Gasteiger partial charge is 0.456 e. The number of nitrogens with one attached hydrogen (secondary N) is 2. The van der Waals surface area contributed by atoms with Crippen molar-refractivity contribution in [3.63, 3.8) is 0 Å². The van der Waals surface area contributed by atoms with Crippen molar-refractivity contribution in [3.8, 4) is 28.5 Å². The molecule has 74 heavy (non-hydrogen) atoms. The monoisotopic (exact) mass is 1050 g/mol. The Bertz CT molecular complexity index is 3240. The average molecular weight is 1050 g/mol. The van der Waals surface area contributed by atoms with Crippen LogP contribution < -0.4 is 24.9 Å². The number of rotatable bonds is 26. The molecule has 1 atom stereocenters. The molecule has 0 unspecified atom stereocenters. The number of unbranched alkanes of at least 4 members (excludes halogenated alkanes) is 4. The number of amides is 1. The topological polar surface area (TPSA) is 185 Å². The standard InChI is InChI=1S/C57H69FN6O8S2/c1-6-63(7-2)45-23-26-48-52(36-45)72-53-37-46(64(8-3)9-4)24-27-49(53)56(48)50-28-25-47(38-54(50)74(68,69)70)73(66,67)61-32-14-10-12-17-55(65)60-31-13-11-15-33-62(5)34-16-30-57(43-19-21-44(58)22-20-43)51-29-18-41(39-59)35-42(51)40-71-57/h18-29,35-38,61H,6-17,30-34,40H2,1-5H3,(H-,60,65,68,69,70)/p+1/t57-/m0/s1. The predicted molar refractivity (Wildman–Crippen MR) is 288 cm³/mol. The van der Waals surface area contributed by atoms with Crippen molar-refractivity contribution in [2.45, 2.75) is 107 Å². The molecule has 14 nitrogen and oxygen atoms in total. The molecular formula is C57H70FN6O8S2+. The van der Waals surface area contributed by atoms with E-state index in [1.807, 2.05) is 54.6 Å². The fourth-order valence-corrected chi connectivity index (χ4v) is 12.1. The molecule has 4 aromatic rings. The van der Waals surface area contributed by atoms with Crippen LogP contribution in [0.25, 0.3) is 33.4 Å². The van der Waals surface area contributed by atoms with Gasteiger partial charge in [0.1, 0.15) is 40.7 Å². The molecule has 0 saturated carbocycles. The minimum Gasteiger partial charge on any atom is -0.456 e. The highest BCUT2D eigenvalue weighted by Crippen LogP contribution is 2.46. The highest BCUT2D eigenvalue weighted by Gasteiger charge is 2.41. The molecule has 0 bridgehead atoms. The molecule has 7 rings (SSSR count). The molecule has 0 saturated heterocycles. The lowest BCUT2D eigenvalue weighted by Crippen LogP contribution is -2.29. The molecule has 1 aliphatic carbocycles. The van der Waals surface area contributed by atoms with Gasteiger partial charge in [-0.3, -0.25) is 9.35 Å². The number of hydrogen-bond donors (Lipinski definition) is 3.